The van der Waals surface area contributed by atoms with Crippen molar-refractivity contribution >= 4 is 33.2 Å². The first-order chi connectivity index (χ1) is 23.0. The smallest absolute Gasteiger partial charge is 0.264 e. The molecule has 5 rings (SSSR count). The lowest BCUT2D eigenvalue weighted by molar-refractivity contribution is 0.0456. The number of nitrogens with zero attached hydrogens (tertiary/aromatic N) is 1. The number of carbonyl (C=O) groups is 1. The van der Waals surface area contributed by atoms with Crippen molar-refractivity contribution in [2.45, 2.75) is 82.0 Å². The van der Waals surface area contributed by atoms with Crippen molar-refractivity contribution in [1.29, 1.82) is 0 Å². The van der Waals surface area contributed by atoms with E-state index in [4.69, 9.17) is 21.1 Å². The molecule has 1 heterocycles. The summed E-state index contributed by atoms with van der Waals surface area (Å²) in [5, 5.41) is 10.9. The number of rotatable bonds is 14. The van der Waals surface area contributed by atoms with Crippen LogP contribution in [0.25, 0.3) is 0 Å². The highest BCUT2D eigenvalue weighted by atomic mass is 35.5. The molecule has 2 N–H and O–H groups in total. The van der Waals surface area contributed by atoms with Gasteiger partial charge in [0.1, 0.15) is 11.0 Å². The van der Waals surface area contributed by atoms with Gasteiger partial charge in [0, 0.05) is 36.2 Å². The number of nitrogens with one attached hydrogen (secondary N) is 1. The van der Waals surface area contributed by atoms with Gasteiger partial charge in [-0.15, -0.1) is 6.58 Å². The Kier molecular flexibility index (Phi) is 12.0. The van der Waals surface area contributed by atoms with Gasteiger partial charge in [0.05, 0.1) is 25.0 Å². The van der Waals surface area contributed by atoms with E-state index in [1.54, 1.807) is 24.3 Å². The molecule has 1 saturated carbocycles. The van der Waals surface area contributed by atoms with Gasteiger partial charge in [-0.3, -0.25) is 4.79 Å². The Morgan fingerprint density at radius 1 is 1.27 bits per heavy atom. The van der Waals surface area contributed by atoms with Gasteiger partial charge >= 0.3 is 0 Å². The predicted octanol–water partition coefficient (Wildman–Crippen LogP) is 6.84. The normalized spacial score (nSPS) is 24.1. The summed E-state index contributed by atoms with van der Waals surface area (Å²) >= 11 is 6.42. The summed E-state index contributed by atoms with van der Waals surface area (Å²) in [6, 6.07) is 11.3. The molecule has 1 amide bonds. The van der Waals surface area contributed by atoms with Gasteiger partial charge in [-0.25, -0.2) is 13.1 Å². The van der Waals surface area contributed by atoms with Gasteiger partial charge < -0.3 is 19.5 Å². The van der Waals surface area contributed by atoms with E-state index in [1.807, 2.05) is 19.1 Å². The minimum Gasteiger partial charge on any atom is -0.490 e. The molecule has 8 nitrogen and oxygen atoms in total. The second-order valence-electron chi connectivity index (χ2n) is 14.0. The van der Waals surface area contributed by atoms with Gasteiger partial charge in [0.25, 0.3) is 5.91 Å². The number of carbonyl (C=O) groups excluding carboxylic acids is 1. The van der Waals surface area contributed by atoms with Crippen molar-refractivity contribution in [1.82, 2.24) is 4.72 Å². The highest BCUT2D eigenvalue weighted by Gasteiger charge is 2.44. The maximum absolute atomic E-state index is 13.6. The van der Waals surface area contributed by atoms with Gasteiger partial charge in [0.2, 0.25) is 10.0 Å². The van der Waals surface area contributed by atoms with E-state index in [0.29, 0.717) is 31.9 Å². The molecule has 0 saturated heterocycles. The number of hydrogen-bond donors (Lipinski definition) is 2. The molecule has 0 radical (unpaired) electrons. The first-order valence-corrected chi connectivity index (χ1v) is 19.3. The minimum absolute atomic E-state index is 0.0414. The number of fused-ring (bicyclic) bond motifs is 3. The van der Waals surface area contributed by atoms with Crippen molar-refractivity contribution in [3.8, 4) is 5.75 Å². The fraction of sp³-hybridized carbons (Fsp3) is 0.553. The van der Waals surface area contributed by atoms with E-state index >= 15 is 0 Å². The Morgan fingerprint density at radius 2 is 2.08 bits per heavy atom. The zero-order chi connectivity index (χ0) is 34.5. The lowest BCUT2D eigenvalue weighted by atomic mass is 9.68. The summed E-state index contributed by atoms with van der Waals surface area (Å²) in [5.41, 5.74) is 3.18. The number of amides is 1. The first-order valence-electron chi connectivity index (χ1n) is 17.3. The molecule has 1 spiro atoms. The summed E-state index contributed by atoms with van der Waals surface area (Å²) < 4.78 is 41.0. The second kappa shape index (κ2) is 15.8. The Hall–Kier alpha value is -2.85. The third kappa shape index (κ3) is 7.96. The van der Waals surface area contributed by atoms with E-state index < -0.39 is 27.3 Å². The number of ether oxygens (including phenoxy) is 2. The zero-order valence-corrected chi connectivity index (χ0v) is 30.1. The number of methoxy groups -OCH3 is 1. The van der Waals surface area contributed by atoms with Crippen molar-refractivity contribution in [2.75, 3.05) is 38.3 Å². The average molecular weight is 699 g/mol. The third-order valence-corrected chi connectivity index (χ3v) is 12.7. The number of anilines is 1. The molecule has 262 valence electrons. The molecule has 1 aliphatic heterocycles. The van der Waals surface area contributed by atoms with Crippen LogP contribution in [0.1, 0.15) is 80.3 Å². The number of aryl methyl sites for hydroxylation is 1. The van der Waals surface area contributed by atoms with Gasteiger partial charge in [-0.2, -0.15) is 0 Å². The van der Waals surface area contributed by atoms with Crippen LogP contribution >= 0.6 is 11.6 Å². The van der Waals surface area contributed by atoms with E-state index in [0.717, 1.165) is 55.7 Å². The monoisotopic (exact) mass is 698 g/mol. The van der Waals surface area contributed by atoms with Gasteiger partial charge in [-0.05, 0) is 104 Å². The number of hydrogen-bond acceptors (Lipinski definition) is 7. The number of allylic oxidation sites excluding steroid dienone is 2. The molecule has 2 aromatic carbocycles. The molecular formula is C38H51ClN2O6S. The van der Waals surface area contributed by atoms with Crippen LogP contribution in [-0.2, 0) is 26.6 Å². The summed E-state index contributed by atoms with van der Waals surface area (Å²) in [7, 11) is -2.61. The predicted molar refractivity (Wildman–Crippen MR) is 193 cm³/mol. The summed E-state index contributed by atoms with van der Waals surface area (Å²) in [5.74, 6) is 0.0612. The Bertz CT molecular complexity index is 1600. The summed E-state index contributed by atoms with van der Waals surface area (Å²) in [6.07, 6.45) is 12.5. The van der Waals surface area contributed by atoms with E-state index in [1.165, 1.54) is 18.2 Å². The molecule has 1 fully saturated rings. The minimum atomic E-state index is -4.06. The SMILES string of the molecule is C=CC[C@@H](C)[C@@H](COC)S(=O)(=O)NC(=O)c1ccc2c(c1)N(C[C@@H]1CC[C@H]1[C@@H](O)/C=C/CCC)C[C@@]1(CCCc3cc(Cl)ccc31)CO2. The number of sulfonamides is 1. The Morgan fingerprint density at radius 3 is 2.79 bits per heavy atom. The van der Waals surface area contributed by atoms with Crippen molar-refractivity contribution in [3.05, 3.63) is 82.9 Å². The lowest BCUT2D eigenvalue weighted by Crippen LogP contribution is -2.49. The van der Waals surface area contributed by atoms with Crippen LogP contribution in [0, 0.1) is 17.8 Å². The standard InChI is InChI=1S/C38H51ClN2O6S/c1-5-7-8-12-34(42)31-16-13-29(31)22-41-24-38(19-9-11-27-20-30(39)15-17-32(27)38)25-47-35-18-14-28(21-33(35)41)37(43)40-48(44,45)36(23-46-4)26(3)10-6-2/h6,8,12,14-15,17-18,20-21,26,29,31,34,36,42H,2,5,7,9-11,13,16,19,22-25H2,1,3-4H3,(H,40,43)/b12-8+/t26-,29+,31-,34+,36-,38+/m1/s1. The number of halogens is 1. The molecule has 0 unspecified atom stereocenters. The van der Waals surface area contributed by atoms with E-state index in [-0.39, 0.29) is 35.3 Å². The van der Waals surface area contributed by atoms with E-state index in [9.17, 15) is 18.3 Å². The van der Waals surface area contributed by atoms with Crippen LogP contribution in [0.3, 0.4) is 0 Å². The zero-order valence-electron chi connectivity index (χ0n) is 28.5. The average Bonchev–Trinajstić information content (AvgIpc) is 3.18. The summed E-state index contributed by atoms with van der Waals surface area (Å²) in [6.45, 7) is 9.45. The molecule has 0 bridgehead atoms. The molecule has 2 aromatic rings. The van der Waals surface area contributed by atoms with Crippen LogP contribution in [-0.4, -0.2) is 64.2 Å². The van der Waals surface area contributed by atoms with Crippen molar-refractivity contribution in [3.63, 3.8) is 0 Å². The lowest BCUT2D eigenvalue weighted by Gasteiger charge is -2.45. The molecule has 48 heavy (non-hydrogen) atoms. The molecule has 2 aliphatic carbocycles. The second-order valence-corrected chi connectivity index (χ2v) is 16.3. The van der Waals surface area contributed by atoms with Crippen molar-refractivity contribution < 1.29 is 27.8 Å². The Labute approximate surface area is 291 Å². The fourth-order valence-electron chi connectivity index (χ4n) is 7.76. The number of aliphatic hydroxyl groups is 1. The highest BCUT2D eigenvalue weighted by Crippen LogP contribution is 2.46. The van der Waals surface area contributed by atoms with Crippen LogP contribution in [0.5, 0.6) is 5.75 Å². The molecular weight excluding hydrogens is 648 g/mol. The largest absolute Gasteiger partial charge is 0.490 e. The third-order valence-electron chi connectivity index (χ3n) is 10.6. The number of benzene rings is 2. The van der Waals surface area contributed by atoms with Crippen LogP contribution < -0.4 is 14.4 Å². The number of unbranched alkanes of at least 4 members (excludes halogenated alkanes) is 1. The topological polar surface area (TPSA) is 105 Å². The van der Waals surface area contributed by atoms with Crippen molar-refractivity contribution in [2.24, 2.45) is 17.8 Å². The van der Waals surface area contributed by atoms with Gasteiger partial charge in [0.15, 0.2) is 0 Å². The maximum Gasteiger partial charge on any atom is 0.264 e. The highest BCUT2D eigenvalue weighted by molar-refractivity contribution is 7.90. The summed E-state index contributed by atoms with van der Waals surface area (Å²) in [4.78, 5) is 15.9. The molecule has 3 aliphatic rings. The molecule has 0 aromatic heterocycles. The molecule has 6 atom stereocenters. The maximum atomic E-state index is 13.6. The Balaban J connectivity index is 1.47. The van der Waals surface area contributed by atoms with Crippen LogP contribution in [0.15, 0.2) is 61.2 Å². The van der Waals surface area contributed by atoms with Crippen LogP contribution in [0.2, 0.25) is 5.02 Å². The van der Waals surface area contributed by atoms with Gasteiger partial charge in [-0.1, -0.05) is 56.2 Å². The van der Waals surface area contributed by atoms with E-state index in [2.05, 4.69) is 41.3 Å². The molecule has 10 heteroatoms. The quantitative estimate of drug-likeness (QED) is 0.208. The first kappa shape index (κ1) is 36.4. The fourth-order valence-corrected chi connectivity index (χ4v) is 9.52. The number of aliphatic hydroxyl groups excluding tert-OH is 1. The van der Waals surface area contributed by atoms with Crippen LogP contribution in [0.4, 0.5) is 5.69 Å².